The summed E-state index contributed by atoms with van der Waals surface area (Å²) in [6.07, 6.45) is 0. The van der Waals surface area contributed by atoms with Gasteiger partial charge in [0.1, 0.15) is 5.52 Å². The van der Waals surface area contributed by atoms with E-state index in [0.29, 0.717) is 28.2 Å². The molecular weight excluding hydrogens is 328 g/mol. The third kappa shape index (κ3) is 3.03. The number of fused-ring (bicyclic) bond motifs is 1. The van der Waals surface area contributed by atoms with Gasteiger partial charge in [0.15, 0.2) is 21.3 Å². The molecule has 0 atom stereocenters. The molecule has 0 bridgehead atoms. The number of rotatable bonds is 4. The van der Waals surface area contributed by atoms with Crippen LogP contribution in [0, 0.1) is 6.92 Å². The number of hydrogen-bond acceptors (Lipinski definition) is 5. The molecule has 6 nitrogen and oxygen atoms in total. The predicted molar refractivity (Wildman–Crippen MR) is 90.9 cm³/mol. The molecule has 24 heavy (non-hydrogen) atoms. The highest BCUT2D eigenvalue weighted by Gasteiger charge is 2.14. The summed E-state index contributed by atoms with van der Waals surface area (Å²) < 4.78 is 29.0. The summed E-state index contributed by atoms with van der Waals surface area (Å²) in [7, 11) is -3.28. The molecule has 1 N–H and O–H groups in total. The summed E-state index contributed by atoms with van der Waals surface area (Å²) in [6, 6.07) is 11.1. The Labute approximate surface area is 139 Å². The van der Waals surface area contributed by atoms with E-state index < -0.39 is 9.84 Å². The maximum atomic E-state index is 12.4. The number of aryl methyl sites for hydroxylation is 1. The fourth-order valence-electron chi connectivity index (χ4n) is 2.34. The van der Waals surface area contributed by atoms with Crippen LogP contribution in [0.5, 0.6) is 0 Å². The molecule has 0 spiro atoms. The van der Waals surface area contributed by atoms with Crippen molar-refractivity contribution in [1.29, 1.82) is 0 Å². The lowest BCUT2D eigenvalue weighted by atomic mass is 10.2. The lowest BCUT2D eigenvalue weighted by molar-refractivity contribution is 0.102. The third-order valence-corrected chi connectivity index (χ3v) is 5.38. The van der Waals surface area contributed by atoms with Gasteiger partial charge in [-0.25, -0.2) is 13.4 Å². The van der Waals surface area contributed by atoms with Crippen molar-refractivity contribution < 1.29 is 17.6 Å². The van der Waals surface area contributed by atoms with Crippen molar-refractivity contribution in [2.24, 2.45) is 0 Å². The Morgan fingerprint density at radius 1 is 1.17 bits per heavy atom. The summed E-state index contributed by atoms with van der Waals surface area (Å²) in [5, 5.41) is 2.78. The van der Waals surface area contributed by atoms with E-state index in [2.05, 4.69) is 10.3 Å². The maximum Gasteiger partial charge on any atom is 0.255 e. The first-order chi connectivity index (χ1) is 11.4. The van der Waals surface area contributed by atoms with Crippen molar-refractivity contribution in [2.45, 2.75) is 18.7 Å². The monoisotopic (exact) mass is 344 g/mol. The van der Waals surface area contributed by atoms with Crippen molar-refractivity contribution >= 4 is 32.5 Å². The molecule has 0 saturated heterocycles. The Balaban J connectivity index is 1.87. The van der Waals surface area contributed by atoms with E-state index in [9.17, 15) is 13.2 Å². The lowest BCUT2D eigenvalue weighted by Gasteiger charge is -2.06. The summed E-state index contributed by atoms with van der Waals surface area (Å²) in [5.41, 5.74) is 2.07. The summed E-state index contributed by atoms with van der Waals surface area (Å²) in [6.45, 7) is 3.31. The van der Waals surface area contributed by atoms with E-state index in [-0.39, 0.29) is 16.6 Å². The highest BCUT2D eigenvalue weighted by atomic mass is 32.2. The number of oxazole rings is 1. The van der Waals surface area contributed by atoms with Crippen LogP contribution in [-0.2, 0) is 9.84 Å². The molecule has 3 rings (SSSR count). The minimum Gasteiger partial charge on any atom is -0.441 e. The van der Waals surface area contributed by atoms with Crippen LogP contribution in [0.3, 0.4) is 0 Å². The second-order valence-corrected chi connectivity index (χ2v) is 7.55. The Kier molecular flexibility index (Phi) is 4.11. The van der Waals surface area contributed by atoms with Crippen LogP contribution in [0.4, 0.5) is 5.69 Å². The minimum absolute atomic E-state index is 0.0199. The number of carbonyl (C=O) groups excluding carboxylic acids is 1. The first-order valence-corrected chi connectivity index (χ1v) is 9.06. The number of para-hydroxylation sites is 1. The summed E-state index contributed by atoms with van der Waals surface area (Å²) in [4.78, 5) is 16.8. The predicted octanol–water partition coefficient (Wildman–Crippen LogP) is 3.18. The zero-order chi connectivity index (χ0) is 17.3. The summed E-state index contributed by atoms with van der Waals surface area (Å²) in [5.74, 6) is 0.191. The van der Waals surface area contributed by atoms with E-state index in [1.54, 1.807) is 32.0 Å². The minimum atomic E-state index is -3.28. The van der Waals surface area contributed by atoms with Gasteiger partial charge in [-0.3, -0.25) is 4.79 Å². The lowest BCUT2D eigenvalue weighted by Crippen LogP contribution is -2.12. The first kappa shape index (κ1) is 16.2. The molecule has 0 aliphatic heterocycles. The van der Waals surface area contributed by atoms with Gasteiger partial charge in [0.25, 0.3) is 5.91 Å². The van der Waals surface area contributed by atoms with E-state index >= 15 is 0 Å². The number of carbonyl (C=O) groups is 1. The zero-order valence-corrected chi connectivity index (χ0v) is 14.1. The zero-order valence-electron chi connectivity index (χ0n) is 13.2. The number of hydrogen-bond donors (Lipinski definition) is 1. The molecule has 0 fully saturated rings. The van der Waals surface area contributed by atoms with Gasteiger partial charge in [-0.15, -0.1) is 0 Å². The van der Waals surface area contributed by atoms with Gasteiger partial charge in [0.05, 0.1) is 16.3 Å². The normalized spacial score (nSPS) is 11.6. The van der Waals surface area contributed by atoms with Gasteiger partial charge in [0, 0.05) is 12.5 Å². The Morgan fingerprint density at radius 3 is 2.54 bits per heavy atom. The van der Waals surface area contributed by atoms with Crippen LogP contribution < -0.4 is 5.32 Å². The molecule has 7 heteroatoms. The Hall–Kier alpha value is -2.67. The maximum absolute atomic E-state index is 12.4. The van der Waals surface area contributed by atoms with Crippen LogP contribution in [-0.4, -0.2) is 25.1 Å². The second kappa shape index (κ2) is 6.09. The van der Waals surface area contributed by atoms with Crippen molar-refractivity contribution in [3.05, 3.63) is 53.9 Å². The number of amides is 1. The van der Waals surface area contributed by atoms with Crippen LogP contribution >= 0.6 is 0 Å². The van der Waals surface area contributed by atoms with Crippen molar-refractivity contribution in [3.8, 4) is 0 Å². The van der Waals surface area contributed by atoms with E-state index in [1.807, 2.05) is 0 Å². The largest absolute Gasteiger partial charge is 0.441 e. The molecule has 3 aromatic rings. The number of sulfone groups is 1. The average molecular weight is 344 g/mol. The number of benzene rings is 2. The SMILES string of the molecule is CCS(=O)(=O)c1ccc(C(=O)Nc2cccc3oc(C)nc23)cc1. The fourth-order valence-corrected chi connectivity index (χ4v) is 3.22. The first-order valence-electron chi connectivity index (χ1n) is 7.41. The van der Waals surface area contributed by atoms with Gasteiger partial charge < -0.3 is 9.73 Å². The van der Waals surface area contributed by atoms with Gasteiger partial charge >= 0.3 is 0 Å². The second-order valence-electron chi connectivity index (χ2n) is 5.27. The standard InChI is InChI=1S/C17H16N2O4S/c1-3-24(21,22)13-9-7-12(8-10-13)17(20)19-14-5-4-6-15-16(14)18-11(2)23-15/h4-10H,3H2,1-2H3,(H,19,20). The quantitative estimate of drug-likeness (QED) is 0.785. The molecule has 1 aromatic heterocycles. The fraction of sp³-hybridized carbons (Fsp3) is 0.176. The highest BCUT2D eigenvalue weighted by molar-refractivity contribution is 7.91. The van der Waals surface area contributed by atoms with E-state index in [1.165, 1.54) is 24.3 Å². The number of anilines is 1. The number of nitrogens with zero attached hydrogens (tertiary/aromatic N) is 1. The Morgan fingerprint density at radius 2 is 1.88 bits per heavy atom. The molecular formula is C17H16N2O4S. The summed E-state index contributed by atoms with van der Waals surface area (Å²) >= 11 is 0. The molecule has 124 valence electrons. The molecule has 0 aliphatic carbocycles. The molecule has 0 saturated carbocycles. The molecule has 1 amide bonds. The smallest absolute Gasteiger partial charge is 0.255 e. The van der Waals surface area contributed by atoms with Gasteiger partial charge in [0.2, 0.25) is 0 Å². The average Bonchev–Trinajstić information content (AvgIpc) is 2.96. The van der Waals surface area contributed by atoms with Crippen molar-refractivity contribution in [2.75, 3.05) is 11.1 Å². The third-order valence-electron chi connectivity index (χ3n) is 3.63. The number of aromatic nitrogens is 1. The van der Waals surface area contributed by atoms with Gasteiger partial charge in [-0.1, -0.05) is 13.0 Å². The molecule has 2 aromatic carbocycles. The van der Waals surface area contributed by atoms with Crippen LogP contribution in [0.1, 0.15) is 23.2 Å². The highest BCUT2D eigenvalue weighted by Crippen LogP contribution is 2.24. The molecule has 0 aliphatic rings. The van der Waals surface area contributed by atoms with Gasteiger partial charge in [-0.2, -0.15) is 0 Å². The topological polar surface area (TPSA) is 89.3 Å². The Bertz CT molecular complexity index is 1000. The molecule has 0 radical (unpaired) electrons. The van der Waals surface area contributed by atoms with E-state index in [4.69, 9.17) is 4.42 Å². The van der Waals surface area contributed by atoms with Crippen LogP contribution in [0.25, 0.3) is 11.1 Å². The molecule has 1 heterocycles. The van der Waals surface area contributed by atoms with Crippen LogP contribution in [0.15, 0.2) is 51.8 Å². The van der Waals surface area contributed by atoms with Gasteiger partial charge in [-0.05, 0) is 36.4 Å². The molecule has 0 unspecified atom stereocenters. The van der Waals surface area contributed by atoms with Crippen LogP contribution in [0.2, 0.25) is 0 Å². The van der Waals surface area contributed by atoms with E-state index in [0.717, 1.165) is 0 Å². The number of nitrogens with one attached hydrogen (secondary N) is 1. The van der Waals surface area contributed by atoms with Crippen molar-refractivity contribution in [3.63, 3.8) is 0 Å². The van der Waals surface area contributed by atoms with Crippen molar-refractivity contribution in [1.82, 2.24) is 4.98 Å².